The van der Waals surface area contributed by atoms with Gasteiger partial charge in [0.25, 0.3) is 0 Å². The topological polar surface area (TPSA) is 20.2 Å². The molecule has 1 fully saturated rings. The lowest BCUT2D eigenvalue weighted by Crippen LogP contribution is -2.41. The van der Waals surface area contributed by atoms with Crippen LogP contribution >= 0.6 is 27.3 Å². The van der Waals surface area contributed by atoms with Crippen molar-refractivity contribution in [2.24, 2.45) is 0 Å². The lowest BCUT2D eigenvalue weighted by molar-refractivity contribution is -0.0161. The van der Waals surface area contributed by atoms with Crippen LogP contribution in [0.2, 0.25) is 0 Å². The summed E-state index contributed by atoms with van der Waals surface area (Å²) in [6.07, 6.45) is 5.08. The van der Waals surface area contributed by atoms with E-state index in [2.05, 4.69) is 51.6 Å². The summed E-state index contributed by atoms with van der Waals surface area (Å²) < 4.78 is 1.13. The molecule has 0 aliphatic heterocycles. The molecular formula is C17H19BrOS. The fraction of sp³-hybridized carbons (Fsp3) is 0.412. The largest absolute Gasteiger partial charge is 0.389 e. The summed E-state index contributed by atoms with van der Waals surface area (Å²) >= 11 is 5.32. The molecule has 2 aromatic rings. The molecule has 1 aromatic carbocycles. The van der Waals surface area contributed by atoms with E-state index in [-0.39, 0.29) is 5.92 Å². The summed E-state index contributed by atoms with van der Waals surface area (Å²) in [5.74, 6) is 0.256. The molecule has 0 amide bonds. The lowest BCUT2D eigenvalue weighted by atomic mass is 9.70. The minimum atomic E-state index is -0.604. The zero-order valence-corrected chi connectivity index (χ0v) is 13.8. The van der Waals surface area contributed by atoms with Gasteiger partial charge in [-0.25, -0.2) is 0 Å². The molecule has 1 aliphatic carbocycles. The first kappa shape index (κ1) is 14.3. The van der Waals surface area contributed by atoms with Crippen molar-refractivity contribution in [3.05, 3.63) is 56.7 Å². The third-order valence-corrected chi connectivity index (χ3v) is 6.29. The number of thiophene rings is 1. The van der Waals surface area contributed by atoms with Gasteiger partial charge in [-0.05, 0) is 45.8 Å². The first-order valence-corrected chi connectivity index (χ1v) is 8.85. The van der Waals surface area contributed by atoms with Crippen molar-refractivity contribution in [3.63, 3.8) is 0 Å². The highest BCUT2D eigenvalue weighted by Crippen LogP contribution is 2.44. The SMILES string of the molecule is OC1(Cc2sccc2Br)CCCCC1c1ccccc1. The van der Waals surface area contributed by atoms with Gasteiger partial charge in [0.15, 0.2) is 0 Å². The van der Waals surface area contributed by atoms with E-state index in [9.17, 15) is 5.11 Å². The van der Waals surface area contributed by atoms with Gasteiger partial charge in [-0.1, -0.05) is 43.2 Å². The van der Waals surface area contributed by atoms with Gasteiger partial charge in [-0.3, -0.25) is 0 Å². The van der Waals surface area contributed by atoms with Gasteiger partial charge in [0.1, 0.15) is 0 Å². The lowest BCUT2D eigenvalue weighted by Gasteiger charge is -2.40. The van der Waals surface area contributed by atoms with Crippen LogP contribution in [0.3, 0.4) is 0 Å². The summed E-state index contributed by atoms with van der Waals surface area (Å²) in [6, 6.07) is 12.6. The van der Waals surface area contributed by atoms with Gasteiger partial charge in [0.05, 0.1) is 5.60 Å². The van der Waals surface area contributed by atoms with Crippen LogP contribution in [0.5, 0.6) is 0 Å². The fourth-order valence-electron chi connectivity index (χ4n) is 3.33. The molecule has 0 spiro atoms. The first-order chi connectivity index (χ1) is 9.69. The maximum Gasteiger partial charge on any atom is 0.0764 e. The Kier molecular flexibility index (Phi) is 4.29. The van der Waals surface area contributed by atoms with Crippen LogP contribution in [0.25, 0.3) is 0 Å². The van der Waals surface area contributed by atoms with Crippen LogP contribution in [0, 0.1) is 0 Å². The molecule has 1 saturated carbocycles. The van der Waals surface area contributed by atoms with Crippen LogP contribution in [0.1, 0.15) is 42.0 Å². The van der Waals surface area contributed by atoms with Crippen LogP contribution in [-0.4, -0.2) is 10.7 Å². The molecule has 3 heteroatoms. The van der Waals surface area contributed by atoms with E-state index in [1.54, 1.807) is 11.3 Å². The van der Waals surface area contributed by atoms with E-state index in [0.717, 1.165) is 30.2 Å². The second-order valence-corrected chi connectivity index (χ2v) is 7.54. The average molecular weight is 351 g/mol. The van der Waals surface area contributed by atoms with Gasteiger partial charge < -0.3 is 5.11 Å². The van der Waals surface area contributed by atoms with Crippen molar-refractivity contribution in [2.45, 2.75) is 43.6 Å². The monoisotopic (exact) mass is 350 g/mol. The van der Waals surface area contributed by atoms with Gasteiger partial charge in [0.2, 0.25) is 0 Å². The first-order valence-electron chi connectivity index (χ1n) is 7.18. The molecule has 3 rings (SSSR count). The van der Waals surface area contributed by atoms with E-state index >= 15 is 0 Å². The van der Waals surface area contributed by atoms with Crippen molar-refractivity contribution in [1.29, 1.82) is 0 Å². The van der Waals surface area contributed by atoms with Gasteiger partial charge in [0, 0.05) is 21.7 Å². The molecule has 1 aromatic heterocycles. The minimum absolute atomic E-state index is 0.256. The van der Waals surface area contributed by atoms with Crippen LogP contribution < -0.4 is 0 Å². The number of rotatable bonds is 3. The standard InChI is InChI=1S/C17H19BrOS/c18-15-9-11-20-16(15)12-17(19)10-5-4-8-14(17)13-6-2-1-3-7-13/h1-3,6-7,9,11,14,19H,4-5,8,10,12H2. The Balaban J connectivity index is 1.89. The zero-order chi connectivity index (χ0) is 14.0. The normalized spacial score (nSPS) is 26.6. The predicted molar refractivity (Wildman–Crippen MR) is 88.3 cm³/mol. The van der Waals surface area contributed by atoms with E-state index < -0.39 is 5.60 Å². The second-order valence-electron chi connectivity index (χ2n) is 5.68. The Morgan fingerprint density at radius 1 is 1.20 bits per heavy atom. The molecule has 20 heavy (non-hydrogen) atoms. The van der Waals surface area contributed by atoms with Crippen molar-refractivity contribution < 1.29 is 5.11 Å². The summed E-state index contributed by atoms with van der Waals surface area (Å²) in [5.41, 5.74) is 0.676. The number of aliphatic hydroxyl groups is 1. The summed E-state index contributed by atoms with van der Waals surface area (Å²) in [6.45, 7) is 0. The summed E-state index contributed by atoms with van der Waals surface area (Å²) in [7, 11) is 0. The molecule has 1 nitrogen and oxygen atoms in total. The number of hydrogen-bond donors (Lipinski definition) is 1. The molecule has 0 saturated heterocycles. The molecule has 1 heterocycles. The molecule has 0 bridgehead atoms. The third kappa shape index (κ3) is 2.85. The Hall–Kier alpha value is -0.640. The highest BCUT2D eigenvalue weighted by atomic mass is 79.9. The van der Waals surface area contributed by atoms with Gasteiger partial charge in [-0.2, -0.15) is 0 Å². The smallest absolute Gasteiger partial charge is 0.0764 e. The van der Waals surface area contributed by atoms with E-state index in [1.165, 1.54) is 16.9 Å². The van der Waals surface area contributed by atoms with Crippen LogP contribution in [0.4, 0.5) is 0 Å². The van der Waals surface area contributed by atoms with E-state index in [4.69, 9.17) is 0 Å². The van der Waals surface area contributed by atoms with Gasteiger partial charge >= 0.3 is 0 Å². The van der Waals surface area contributed by atoms with E-state index in [1.807, 2.05) is 6.07 Å². The Morgan fingerprint density at radius 2 is 2.00 bits per heavy atom. The number of halogens is 1. The summed E-state index contributed by atoms with van der Waals surface area (Å²) in [4.78, 5) is 1.26. The minimum Gasteiger partial charge on any atom is -0.389 e. The molecule has 2 unspecified atom stereocenters. The molecule has 1 N–H and O–H groups in total. The molecule has 2 atom stereocenters. The molecular weight excluding hydrogens is 332 g/mol. The molecule has 0 radical (unpaired) electrons. The fourth-order valence-corrected chi connectivity index (χ4v) is 4.94. The second kappa shape index (κ2) is 6.00. The maximum absolute atomic E-state index is 11.3. The Labute approximate surface area is 132 Å². The van der Waals surface area contributed by atoms with Crippen molar-refractivity contribution in [2.75, 3.05) is 0 Å². The van der Waals surface area contributed by atoms with Crippen LogP contribution in [0.15, 0.2) is 46.3 Å². The predicted octanol–water partition coefficient (Wildman–Crippen LogP) is 5.14. The highest BCUT2D eigenvalue weighted by Gasteiger charge is 2.40. The highest BCUT2D eigenvalue weighted by molar-refractivity contribution is 9.10. The van der Waals surface area contributed by atoms with Crippen molar-refractivity contribution in [1.82, 2.24) is 0 Å². The molecule has 106 valence electrons. The van der Waals surface area contributed by atoms with Crippen LogP contribution in [-0.2, 0) is 6.42 Å². The summed E-state index contributed by atoms with van der Waals surface area (Å²) in [5, 5.41) is 13.4. The number of benzene rings is 1. The average Bonchev–Trinajstić information content (AvgIpc) is 2.85. The molecule has 1 aliphatic rings. The third-order valence-electron chi connectivity index (χ3n) is 4.36. The quantitative estimate of drug-likeness (QED) is 0.812. The van der Waals surface area contributed by atoms with Crippen molar-refractivity contribution >= 4 is 27.3 Å². The zero-order valence-electron chi connectivity index (χ0n) is 11.4. The maximum atomic E-state index is 11.3. The number of hydrogen-bond acceptors (Lipinski definition) is 2. The Bertz CT molecular complexity index is 565. The van der Waals surface area contributed by atoms with Gasteiger partial charge in [-0.15, -0.1) is 11.3 Å². The Morgan fingerprint density at radius 3 is 2.70 bits per heavy atom. The van der Waals surface area contributed by atoms with Crippen molar-refractivity contribution in [3.8, 4) is 0 Å². The van der Waals surface area contributed by atoms with E-state index in [0.29, 0.717) is 0 Å².